The maximum absolute atomic E-state index is 12.4. The molecule has 0 atom stereocenters. The molecule has 130 valence electrons. The molecule has 0 bridgehead atoms. The number of aryl methyl sites for hydroxylation is 1. The topological polar surface area (TPSA) is 53.1 Å². The first kappa shape index (κ1) is 16.8. The summed E-state index contributed by atoms with van der Waals surface area (Å²) < 4.78 is 5.28. The largest absolute Gasteiger partial charge is 0.378 e. The summed E-state index contributed by atoms with van der Waals surface area (Å²) in [4.78, 5) is 30.4. The van der Waals surface area contributed by atoms with Crippen LogP contribution in [0.5, 0.6) is 0 Å². The van der Waals surface area contributed by atoms with Crippen LogP contribution in [-0.2, 0) is 16.0 Å². The number of rotatable bonds is 2. The molecular weight excluding hydrogens is 306 g/mol. The molecule has 2 fully saturated rings. The van der Waals surface area contributed by atoms with Crippen LogP contribution in [0.15, 0.2) is 24.3 Å². The molecule has 0 aliphatic carbocycles. The number of nitrogens with zero attached hydrogens (tertiary/aromatic N) is 3. The van der Waals surface area contributed by atoms with Crippen LogP contribution in [-0.4, -0.2) is 79.1 Å². The molecule has 3 rings (SSSR count). The fraction of sp³-hybridized carbons (Fsp3) is 0.556. The highest BCUT2D eigenvalue weighted by atomic mass is 16.5. The van der Waals surface area contributed by atoms with Crippen LogP contribution in [0, 0.1) is 6.92 Å². The van der Waals surface area contributed by atoms with Crippen LogP contribution in [0.1, 0.15) is 11.1 Å². The highest BCUT2D eigenvalue weighted by molar-refractivity contribution is 5.79. The minimum absolute atomic E-state index is 0.0731. The number of amides is 3. The van der Waals surface area contributed by atoms with Crippen LogP contribution < -0.4 is 0 Å². The Balaban J connectivity index is 1.48. The molecule has 0 saturated carbocycles. The van der Waals surface area contributed by atoms with Gasteiger partial charge in [0.25, 0.3) is 0 Å². The summed E-state index contributed by atoms with van der Waals surface area (Å²) in [5.41, 5.74) is 2.24. The number of benzene rings is 1. The van der Waals surface area contributed by atoms with Crippen LogP contribution >= 0.6 is 0 Å². The third-order valence-electron chi connectivity index (χ3n) is 4.66. The molecule has 0 aromatic heterocycles. The molecule has 0 N–H and O–H groups in total. The highest BCUT2D eigenvalue weighted by Gasteiger charge is 2.27. The molecule has 2 heterocycles. The maximum atomic E-state index is 12.4. The van der Waals surface area contributed by atoms with Crippen molar-refractivity contribution in [1.82, 2.24) is 14.7 Å². The third-order valence-corrected chi connectivity index (χ3v) is 4.66. The first-order valence-corrected chi connectivity index (χ1v) is 8.58. The van der Waals surface area contributed by atoms with E-state index in [0.29, 0.717) is 58.9 Å². The van der Waals surface area contributed by atoms with Gasteiger partial charge in [-0.05, 0) is 12.5 Å². The van der Waals surface area contributed by atoms with E-state index in [4.69, 9.17) is 4.74 Å². The summed E-state index contributed by atoms with van der Waals surface area (Å²) in [5, 5.41) is 0. The average Bonchev–Trinajstić information content (AvgIpc) is 2.64. The summed E-state index contributed by atoms with van der Waals surface area (Å²) in [5.74, 6) is 0.136. The van der Waals surface area contributed by atoms with E-state index in [-0.39, 0.29) is 11.9 Å². The predicted octanol–water partition coefficient (Wildman–Crippen LogP) is 1.13. The van der Waals surface area contributed by atoms with Gasteiger partial charge in [-0.15, -0.1) is 0 Å². The van der Waals surface area contributed by atoms with Gasteiger partial charge in [0.1, 0.15) is 0 Å². The summed E-state index contributed by atoms with van der Waals surface area (Å²) in [6, 6.07) is 8.14. The summed E-state index contributed by atoms with van der Waals surface area (Å²) >= 11 is 0. The monoisotopic (exact) mass is 331 g/mol. The molecule has 2 aliphatic rings. The lowest BCUT2D eigenvalue weighted by Crippen LogP contribution is -2.55. The molecule has 2 aliphatic heterocycles. The number of carbonyl (C=O) groups excluding carboxylic acids is 2. The SMILES string of the molecule is Cc1ccc(CC(=O)N2CCN(C(=O)N3CCOCC3)CC2)cc1. The Morgan fingerprint density at radius 3 is 2.04 bits per heavy atom. The van der Waals surface area contributed by atoms with Crippen molar-refractivity contribution in [2.45, 2.75) is 13.3 Å². The van der Waals surface area contributed by atoms with Gasteiger partial charge in [0.2, 0.25) is 5.91 Å². The van der Waals surface area contributed by atoms with Crippen LogP contribution in [0.4, 0.5) is 4.79 Å². The molecule has 2 saturated heterocycles. The summed E-state index contributed by atoms with van der Waals surface area (Å²) in [6.07, 6.45) is 0.428. The predicted molar refractivity (Wildman–Crippen MR) is 90.8 cm³/mol. The van der Waals surface area contributed by atoms with Crippen molar-refractivity contribution in [3.8, 4) is 0 Å². The quantitative estimate of drug-likeness (QED) is 0.816. The van der Waals surface area contributed by atoms with Gasteiger partial charge >= 0.3 is 6.03 Å². The van der Waals surface area contributed by atoms with Crippen LogP contribution in [0.25, 0.3) is 0 Å². The number of morpholine rings is 1. The molecule has 0 unspecified atom stereocenters. The van der Waals surface area contributed by atoms with Gasteiger partial charge in [-0.25, -0.2) is 4.79 Å². The number of carbonyl (C=O) groups is 2. The number of urea groups is 1. The van der Waals surface area contributed by atoms with Crippen molar-refractivity contribution >= 4 is 11.9 Å². The van der Waals surface area contributed by atoms with Crippen LogP contribution in [0.2, 0.25) is 0 Å². The molecule has 6 heteroatoms. The summed E-state index contributed by atoms with van der Waals surface area (Å²) in [7, 11) is 0. The maximum Gasteiger partial charge on any atom is 0.320 e. The molecule has 1 aromatic carbocycles. The Morgan fingerprint density at radius 2 is 1.42 bits per heavy atom. The van der Waals surface area contributed by atoms with Gasteiger partial charge in [-0.1, -0.05) is 29.8 Å². The smallest absolute Gasteiger partial charge is 0.320 e. The zero-order valence-electron chi connectivity index (χ0n) is 14.2. The van der Waals surface area contributed by atoms with Gasteiger partial charge in [-0.3, -0.25) is 4.79 Å². The normalized spacial score (nSPS) is 18.6. The Morgan fingerprint density at radius 1 is 0.875 bits per heavy atom. The zero-order valence-corrected chi connectivity index (χ0v) is 14.2. The Bertz CT molecular complexity index is 574. The molecule has 0 spiro atoms. The Kier molecular flexibility index (Phi) is 5.35. The summed E-state index contributed by atoms with van der Waals surface area (Å²) in [6.45, 7) is 7.02. The van der Waals surface area contributed by atoms with Gasteiger partial charge in [0.05, 0.1) is 19.6 Å². The molecular formula is C18H25N3O3. The van der Waals surface area contributed by atoms with Crippen molar-refractivity contribution in [3.05, 3.63) is 35.4 Å². The van der Waals surface area contributed by atoms with Crippen LogP contribution in [0.3, 0.4) is 0 Å². The average molecular weight is 331 g/mol. The fourth-order valence-electron chi connectivity index (χ4n) is 3.09. The molecule has 0 radical (unpaired) electrons. The number of hydrogen-bond acceptors (Lipinski definition) is 3. The van der Waals surface area contributed by atoms with E-state index < -0.39 is 0 Å². The third kappa shape index (κ3) is 4.06. The molecule has 3 amide bonds. The number of ether oxygens (including phenoxy) is 1. The number of piperazine rings is 1. The Labute approximate surface area is 143 Å². The second kappa shape index (κ2) is 7.66. The minimum Gasteiger partial charge on any atom is -0.378 e. The standard InChI is InChI=1S/C18H25N3O3/c1-15-2-4-16(5-3-15)14-17(22)19-6-8-20(9-7-19)18(23)21-10-12-24-13-11-21/h2-5H,6-14H2,1H3. The molecule has 24 heavy (non-hydrogen) atoms. The molecule has 1 aromatic rings. The van der Waals surface area contributed by atoms with E-state index in [1.54, 1.807) is 0 Å². The van der Waals surface area contributed by atoms with Gasteiger partial charge in [-0.2, -0.15) is 0 Å². The zero-order chi connectivity index (χ0) is 16.9. The van der Waals surface area contributed by atoms with E-state index in [0.717, 1.165) is 5.56 Å². The first-order valence-electron chi connectivity index (χ1n) is 8.58. The second-order valence-electron chi connectivity index (χ2n) is 6.41. The van der Waals surface area contributed by atoms with Crippen molar-refractivity contribution in [2.75, 3.05) is 52.5 Å². The highest BCUT2D eigenvalue weighted by Crippen LogP contribution is 2.11. The van der Waals surface area contributed by atoms with Crippen molar-refractivity contribution in [1.29, 1.82) is 0 Å². The van der Waals surface area contributed by atoms with E-state index in [9.17, 15) is 9.59 Å². The van der Waals surface area contributed by atoms with Gasteiger partial charge < -0.3 is 19.4 Å². The second-order valence-corrected chi connectivity index (χ2v) is 6.41. The fourth-order valence-corrected chi connectivity index (χ4v) is 3.09. The first-order chi connectivity index (χ1) is 11.6. The van der Waals surface area contributed by atoms with E-state index in [2.05, 4.69) is 0 Å². The van der Waals surface area contributed by atoms with Crippen molar-refractivity contribution in [3.63, 3.8) is 0 Å². The van der Waals surface area contributed by atoms with E-state index in [1.807, 2.05) is 45.9 Å². The lowest BCUT2D eigenvalue weighted by atomic mass is 10.1. The van der Waals surface area contributed by atoms with E-state index in [1.165, 1.54) is 5.56 Å². The molecule has 6 nitrogen and oxygen atoms in total. The minimum atomic E-state index is 0.0731. The van der Waals surface area contributed by atoms with Gasteiger partial charge in [0.15, 0.2) is 0 Å². The van der Waals surface area contributed by atoms with Gasteiger partial charge in [0, 0.05) is 39.3 Å². The number of hydrogen-bond donors (Lipinski definition) is 0. The van der Waals surface area contributed by atoms with Crippen molar-refractivity contribution in [2.24, 2.45) is 0 Å². The van der Waals surface area contributed by atoms with E-state index >= 15 is 0 Å². The Hall–Kier alpha value is -2.08. The lowest BCUT2D eigenvalue weighted by Gasteiger charge is -2.38. The van der Waals surface area contributed by atoms with Crippen molar-refractivity contribution < 1.29 is 14.3 Å². The lowest BCUT2D eigenvalue weighted by molar-refractivity contribution is -0.131.